The number of carbonyl (C=O) groups is 2. The van der Waals surface area contributed by atoms with E-state index in [1.165, 1.54) is 5.56 Å². The van der Waals surface area contributed by atoms with Crippen LogP contribution in [0.25, 0.3) is 0 Å². The van der Waals surface area contributed by atoms with Crippen LogP contribution in [0.5, 0.6) is 0 Å². The average molecular weight is 351 g/mol. The first-order valence-electron chi connectivity index (χ1n) is 9.75. The Bertz CT molecular complexity index is 663. The second-order valence-electron chi connectivity index (χ2n) is 7.08. The van der Waals surface area contributed by atoms with E-state index >= 15 is 0 Å². The standard InChI is InChI=1S/C24H30O2/c1-3-11-22(26)17-23(21-14-9-6-10-15-21)24(18-25)20(4-2)16-19-12-7-5-8-13-19/h5-10,12-15,18,20,23-24H,3-4,11,16-17H2,1-2H3. The fourth-order valence-electron chi connectivity index (χ4n) is 3.81. The van der Waals surface area contributed by atoms with Crippen molar-refractivity contribution in [1.29, 1.82) is 0 Å². The van der Waals surface area contributed by atoms with E-state index in [-0.39, 0.29) is 23.5 Å². The first-order chi connectivity index (χ1) is 12.7. The first-order valence-corrected chi connectivity index (χ1v) is 9.75. The van der Waals surface area contributed by atoms with E-state index in [2.05, 4.69) is 31.2 Å². The fraction of sp³-hybridized carbons (Fsp3) is 0.417. The summed E-state index contributed by atoms with van der Waals surface area (Å²) >= 11 is 0. The first kappa shape index (κ1) is 20.1. The molecule has 0 aliphatic carbocycles. The van der Waals surface area contributed by atoms with Crippen molar-refractivity contribution in [1.82, 2.24) is 0 Å². The number of ketones is 1. The van der Waals surface area contributed by atoms with Gasteiger partial charge in [0, 0.05) is 24.7 Å². The average Bonchev–Trinajstić information content (AvgIpc) is 2.68. The van der Waals surface area contributed by atoms with Crippen LogP contribution in [0.1, 0.15) is 56.6 Å². The van der Waals surface area contributed by atoms with Crippen molar-refractivity contribution in [3.63, 3.8) is 0 Å². The third kappa shape index (κ3) is 5.66. The molecule has 0 N–H and O–H groups in total. The van der Waals surface area contributed by atoms with Crippen molar-refractivity contribution in [2.24, 2.45) is 11.8 Å². The van der Waals surface area contributed by atoms with E-state index < -0.39 is 0 Å². The van der Waals surface area contributed by atoms with Crippen LogP contribution in [0.15, 0.2) is 60.7 Å². The summed E-state index contributed by atoms with van der Waals surface area (Å²) in [6, 6.07) is 20.4. The van der Waals surface area contributed by atoms with Gasteiger partial charge in [-0.25, -0.2) is 0 Å². The second kappa shape index (κ2) is 10.7. The molecule has 138 valence electrons. The van der Waals surface area contributed by atoms with Crippen molar-refractivity contribution < 1.29 is 9.59 Å². The van der Waals surface area contributed by atoms with Gasteiger partial charge in [-0.15, -0.1) is 0 Å². The van der Waals surface area contributed by atoms with E-state index in [9.17, 15) is 9.59 Å². The van der Waals surface area contributed by atoms with Crippen LogP contribution in [0.4, 0.5) is 0 Å². The van der Waals surface area contributed by atoms with E-state index in [4.69, 9.17) is 0 Å². The molecule has 0 heterocycles. The lowest BCUT2D eigenvalue weighted by atomic mass is 9.73. The van der Waals surface area contributed by atoms with Gasteiger partial charge < -0.3 is 4.79 Å². The molecule has 26 heavy (non-hydrogen) atoms. The van der Waals surface area contributed by atoms with Gasteiger partial charge >= 0.3 is 0 Å². The molecule has 0 spiro atoms. The Hall–Kier alpha value is -2.22. The summed E-state index contributed by atoms with van der Waals surface area (Å²) in [4.78, 5) is 24.5. The molecule has 0 bridgehead atoms. The highest BCUT2D eigenvalue weighted by Gasteiger charge is 2.31. The van der Waals surface area contributed by atoms with E-state index in [0.29, 0.717) is 12.8 Å². The van der Waals surface area contributed by atoms with Crippen LogP contribution in [0.3, 0.4) is 0 Å². The number of hydrogen-bond donors (Lipinski definition) is 0. The number of benzene rings is 2. The summed E-state index contributed by atoms with van der Waals surface area (Å²) in [5, 5.41) is 0. The molecule has 0 radical (unpaired) electrons. The second-order valence-corrected chi connectivity index (χ2v) is 7.08. The zero-order valence-corrected chi connectivity index (χ0v) is 15.9. The van der Waals surface area contributed by atoms with Crippen molar-refractivity contribution in [3.05, 3.63) is 71.8 Å². The summed E-state index contributed by atoms with van der Waals surface area (Å²) in [6.07, 6.45) is 4.77. The molecule has 0 saturated carbocycles. The monoisotopic (exact) mass is 350 g/mol. The maximum Gasteiger partial charge on any atom is 0.133 e. The van der Waals surface area contributed by atoms with Crippen molar-refractivity contribution in [2.45, 2.75) is 51.9 Å². The number of aldehydes is 1. The highest BCUT2D eigenvalue weighted by Crippen LogP contribution is 2.35. The molecule has 0 aliphatic heterocycles. The summed E-state index contributed by atoms with van der Waals surface area (Å²) in [5.74, 6) is 0.294. The topological polar surface area (TPSA) is 34.1 Å². The van der Waals surface area contributed by atoms with Gasteiger partial charge in [0.1, 0.15) is 12.1 Å². The van der Waals surface area contributed by atoms with Gasteiger partial charge in [-0.1, -0.05) is 80.9 Å². The quantitative estimate of drug-likeness (QED) is 0.493. The van der Waals surface area contributed by atoms with Gasteiger partial charge in [-0.05, 0) is 29.9 Å². The zero-order valence-electron chi connectivity index (χ0n) is 15.9. The van der Waals surface area contributed by atoms with Crippen LogP contribution < -0.4 is 0 Å². The lowest BCUT2D eigenvalue weighted by molar-refractivity contribution is -0.120. The zero-order chi connectivity index (χ0) is 18.8. The maximum absolute atomic E-state index is 12.4. The summed E-state index contributed by atoms with van der Waals surface area (Å²) in [5.41, 5.74) is 2.35. The Kier molecular flexibility index (Phi) is 8.27. The highest BCUT2D eigenvalue weighted by atomic mass is 16.1. The molecule has 3 unspecified atom stereocenters. The molecule has 2 heteroatoms. The molecule has 0 fully saturated rings. The van der Waals surface area contributed by atoms with Crippen molar-refractivity contribution in [2.75, 3.05) is 0 Å². The molecule has 3 atom stereocenters. The molecule has 0 amide bonds. The lowest BCUT2D eigenvalue weighted by Crippen LogP contribution is -2.27. The molecule has 0 aromatic heterocycles. The van der Waals surface area contributed by atoms with Crippen LogP contribution in [0.2, 0.25) is 0 Å². The molecular weight excluding hydrogens is 320 g/mol. The fourth-order valence-corrected chi connectivity index (χ4v) is 3.81. The van der Waals surface area contributed by atoms with E-state index in [1.807, 2.05) is 43.3 Å². The third-order valence-electron chi connectivity index (χ3n) is 5.24. The largest absolute Gasteiger partial charge is 0.303 e. The van der Waals surface area contributed by atoms with Gasteiger partial charge in [-0.2, -0.15) is 0 Å². The minimum atomic E-state index is -0.150. The van der Waals surface area contributed by atoms with Crippen LogP contribution in [-0.4, -0.2) is 12.1 Å². The smallest absolute Gasteiger partial charge is 0.133 e. The summed E-state index contributed by atoms with van der Waals surface area (Å²) < 4.78 is 0. The number of carbonyl (C=O) groups excluding carboxylic acids is 2. The third-order valence-corrected chi connectivity index (χ3v) is 5.24. The summed E-state index contributed by atoms with van der Waals surface area (Å²) in [7, 11) is 0. The molecule has 0 aliphatic rings. The Balaban J connectivity index is 2.28. The molecule has 2 aromatic carbocycles. The van der Waals surface area contributed by atoms with Crippen LogP contribution in [0, 0.1) is 11.8 Å². The highest BCUT2D eigenvalue weighted by molar-refractivity contribution is 5.80. The molecule has 2 nitrogen and oxygen atoms in total. The number of hydrogen-bond acceptors (Lipinski definition) is 2. The molecular formula is C24H30O2. The summed E-state index contributed by atoms with van der Waals surface area (Å²) in [6.45, 7) is 4.16. The normalized spacial score (nSPS) is 14.4. The van der Waals surface area contributed by atoms with E-state index in [0.717, 1.165) is 31.1 Å². The van der Waals surface area contributed by atoms with E-state index in [1.54, 1.807) is 0 Å². The molecule has 2 aromatic rings. The number of rotatable bonds is 11. The predicted octanol–water partition coefficient (Wildman–Crippen LogP) is 5.61. The maximum atomic E-state index is 12.4. The van der Waals surface area contributed by atoms with Crippen molar-refractivity contribution >= 4 is 12.1 Å². The molecule has 2 rings (SSSR count). The Morgan fingerprint density at radius 1 is 0.962 bits per heavy atom. The van der Waals surface area contributed by atoms with Gasteiger partial charge in [0.05, 0.1) is 0 Å². The molecule has 0 saturated heterocycles. The minimum absolute atomic E-state index is 0.0404. The number of Topliss-reactive ketones (excluding diaryl/α,β-unsaturated/α-hetero) is 1. The Morgan fingerprint density at radius 3 is 2.12 bits per heavy atom. The van der Waals surface area contributed by atoms with Crippen LogP contribution >= 0.6 is 0 Å². The Morgan fingerprint density at radius 2 is 1.58 bits per heavy atom. The Labute approximate surface area is 157 Å². The SMILES string of the molecule is CCCC(=O)CC(c1ccccc1)C(C=O)C(CC)Cc1ccccc1. The van der Waals surface area contributed by atoms with Crippen molar-refractivity contribution in [3.8, 4) is 0 Å². The van der Waals surface area contributed by atoms with Gasteiger partial charge in [0.2, 0.25) is 0 Å². The van der Waals surface area contributed by atoms with Gasteiger partial charge in [-0.3, -0.25) is 4.79 Å². The van der Waals surface area contributed by atoms with Crippen LogP contribution in [-0.2, 0) is 16.0 Å². The predicted molar refractivity (Wildman–Crippen MR) is 107 cm³/mol. The minimum Gasteiger partial charge on any atom is -0.303 e. The lowest BCUT2D eigenvalue weighted by Gasteiger charge is -2.30. The van der Waals surface area contributed by atoms with Gasteiger partial charge in [0.25, 0.3) is 0 Å². The van der Waals surface area contributed by atoms with Gasteiger partial charge in [0.15, 0.2) is 0 Å².